The summed E-state index contributed by atoms with van der Waals surface area (Å²) in [6.45, 7) is 12.5. The summed E-state index contributed by atoms with van der Waals surface area (Å²) in [6.07, 6.45) is 4.10. The van der Waals surface area contributed by atoms with Gasteiger partial charge < -0.3 is 4.65 Å². The largest absolute Gasteiger partial charge is 0.426 e. The molecule has 0 saturated heterocycles. The fourth-order valence-electron chi connectivity index (χ4n) is 1.45. The van der Waals surface area contributed by atoms with E-state index in [1.54, 1.807) is 12.4 Å². The standard InChI is InChI=1S/C14H22BNO2/c1-13(2,3)14(4,5)18-15(6)12-7-11(10-17)8-16-9-12/h7-10H,1-6H3. The number of pyridine rings is 1. The molecular formula is C14H22BNO2. The van der Waals surface area contributed by atoms with Crippen molar-refractivity contribution in [1.29, 1.82) is 0 Å². The Morgan fingerprint density at radius 2 is 1.83 bits per heavy atom. The molecule has 0 aliphatic rings. The van der Waals surface area contributed by atoms with Crippen molar-refractivity contribution in [3.63, 3.8) is 0 Å². The summed E-state index contributed by atoms with van der Waals surface area (Å²) in [5.74, 6) is 0. The first-order chi connectivity index (χ1) is 8.17. The number of carbonyl (C=O) groups excluding carboxylic acids is 1. The van der Waals surface area contributed by atoms with Crippen LogP contribution in [0.2, 0.25) is 6.82 Å². The van der Waals surface area contributed by atoms with Gasteiger partial charge >= 0.3 is 6.92 Å². The smallest absolute Gasteiger partial charge is 0.325 e. The van der Waals surface area contributed by atoms with Crippen molar-refractivity contribution in [2.45, 2.75) is 47.0 Å². The summed E-state index contributed by atoms with van der Waals surface area (Å²) in [5, 5.41) is 0. The Labute approximate surface area is 110 Å². The van der Waals surface area contributed by atoms with Crippen LogP contribution in [0.15, 0.2) is 18.5 Å². The lowest BCUT2D eigenvalue weighted by atomic mass is 9.62. The number of hydrogen-bond acceptors (Lipinski definition) is 3. The quantitative estimate of drug-likeness (QED) is 0.606. The average Bonchev–Trinajstić information content (AvgIpc) is 2.27. The van der Waals surface area contributed by atoms with Crippen molar-refractivity contribution in [3.05, 3.63) is 24.0 Å². The third-order valence-electron chi connectivity index (χ3n) is 3.66. The summed E-state index contributed by atoms with van der Waals surface area (Å²) in [7, 11) is 0. The normalized spacial score (nSPS) is 12.3. The zero-order valence-electron chi connectivity index (χ0n) is 12.2. The molecule has 1 rings (SSSR count). The molecule has 0 amide bonds. The third kappa shape index (κ3) is 3.42. The second kappa shape index (κ2) is 5.23. The topological polar surface area (TPSA) is 39.2 Å². The lowest BCUT2D eigenvalue weighted by Crippen LogP contribution is -2.47. The van der Waals surface area contributed by atoms with Gasteiger partial charge in [0.05, 0.1) is 5.60 Å². The monoisotopic (exact) mass is 247 g/mol. The minimum atomic E-state index is -0.260. The van der Waals surface area contributed by atoms with Gasteiger partial charge in [-0.1, -0.05) is 33.7 Å². The van der Waals surface area contributed by atoms with E-state index in [9.17, 15) is 4.79 Å². The average molecular weight is 247 g/mol. The third-order valence-corrected chi connectivity index (χ3v) is 3.66. The van der Waals surface area contributed by atoms with E-state index in [2.05, 4.69) is 39.6 Å². The van der Waals surface area contributed by atoms with Crippen LogP contribution in [-0.2, 0) is 4.65 Å². The minimum absolute atomic E-state index is 0.0386. The molecule has 0 N–H and O–H groups in total. The van der Waals surface area contributed by atoms with Crippen molar-refractivity contribution >= 4 is 18.7 Å². The number of aldehydes is 1. The maximum atomic E-state index is 10.7. The van der Waals surface area contributed by atoms with E-state index in [1.807, 2.05) is 12.9 Å². The van der Waals surface area contributed by atoms with Crippen LogP contribution < -0.4 is 5.46 Å². The minimum Gasteiger partial charge on any atom is -0.426 e. The number of carbonyl (C=O) groups is 1. The Morgan fingerprint density at radius 1 is 1.22 bits per heavy atom. The molecule has 0 aromatic carbocycles. The second-order valence-corrected chi connectivity index (χ2v) is 6.19. The van der Waals surface area contributed by atoms with Gasteiger partial charge in [-0.25, -0.2) is 0 Å². The van der Waals surface area contributed by atoms with Gasteiger partial charge in [-0.3, -0.25) is 9.78 Å². The molecule has 18 heavy (non-hydrogen) atoms. The van der Waals surface area contributed by atoms with Crippen LogP contribution >= 0.6 is 0 Å². The molecule has 3 nitrogen and oxygen atoms in total. The van der Waals surface area contributed by atoms with Crippen LogP contribution in [0.3, 0.4) is 0 Å². The van der Waals surface area contributed by atoms with Gasteiger partial charge in [0.25, 0.3) is 0 Å². The molecule has 0 aliphatic heterocycles. The molecule has 0 radical (unpaired) electrons. The molecule has 4 heteroatoms. The summed E-state index contributed by atoms with van der Waals surface area (Å²) in [6, 6.07) is 1.82. The van der Waals surface area contributed by atoms with Crippen molar-refractivity contribution < 1.29 is 9.45 Å². The Balaban J connectivity index is 2.88. The van der Waals surface area contributed by atoms with E-state index in [0.29, 0.717) is 5.56 Å². The number of aromatic nitrogens is 1. The zero-order valence-corrected chi connectivity index (χ0v) is 12.2. The lowest BCUT2D eigenvalue weighted by Gasteiger charge is -2.40. The van der Waals surface area contributed by atoms with E-state index < -0.39 is 0 Å². The van der Waals surface area contributed by atoms with Gasteiger partial charge in [0, 0.05) is 18.0 Å². The molecule has 0 aliphatic carbocycles. The van der Waals surface area contributed by atoms with E-state index in [4.69, 9.17) is 4.65 Å². The van der Waals surface area contributed by atoms with Crippen molar-refractivity contribution in [2.24, 2.45) is 5.41 Å². The van der Waals surface area contributed by atoms with E-state index in [0.717, 1.165) is 11.7 Å². The second-order valence-electron chi connectivity index (χ2n) is 6.19. The van der Waals surface area contributed by atoms with Gasteiger partial charge in [0.15, 0.2) is 6.29 Å². The van der Waals surface area contributed by atoms with Gasteiger partial charge in [-0.2, -0.15) is 0 Å². The zero-order chi connectivity index (χ0) is 14.0. The fourth-order valence-corrected chi connectivity index (χ4v) is 1.45. The van der Waals surface area contributed by atoms with Gasteiger partial charge in [-0.05, 0) is 24.7 Å². The lowest BCUT2D eigenvalue weighted by molar-refractivity contribution is 0.000440. The highest BCUT2D eigenvalue weighted by molar-refractivity contribution is 6.66. The molecule has 0 spiro atoms. The van der Waals surface area contributed by atoms with Crippen molar-refractivity contribution in [2.75, 3.05) is 0 Å². The molecule has 0 fully saturated rings. The molecule has 0 unspecified atom stereocenters. The van der Waals surface area contributed by atoms with E-state index in [1.165, 1.54) is 0 Å². The first-order valence-corrected chi connectivity index (χ1v) is 6.25. The van der Waals surface area contributed by atoms with Gasteiger partial charge in [-0.15, -0.1) is 0 Å². The predicted octanol–water partition coefficient (Wildman–Crippen LogP) is 2.56. The number of rotatable bonds is 4. The van der Waals surface area contributed by atoms with Gasteiger partial charge in [0.2, 0.25) is 0 Å². The van der Waals surface area contributed by atoms with Crippen molar-refractivity contribution in [1.82, 2.24) is 4.98 Å². The number of hydrogen-bond donors (Lipinski definition) is 0. The van der Waals surface area contributed by atoms with Crippen molar-refractivity contribution in [3.8, 4) is 0 Å². The predicted molar refractivity (Wildman–Crippen MR) is 75.5 cm³/mol. The molecular weight excluding hydrogens is 225 g/mol. The Kier molecular flexibility index (Phi) is 4.33. The van der Waals surface area contributed by atoms with Crippen LogP contribution in [-0.4, -0.2) is 23.8 Å². The Morgan fingerprint density at radius 3 is 2.33 bits per heavy atom. The Hall–Kier alpha value is -1.16. The van der Waals surface area contributed by atoms with E-state index >= 15 is 0 Å². The molecule has 0 atom stereocenters. The molecule has 1 aromatic rings. The Bertz CT molecular complexity index is 424. The van der Waals surface area contributed by atoms with Crippen LogP contribution in [0, 0.1) is 5.41 Å². The van der Waals surface area contributed by atoms with Crippen LogP contribution in [0.25, 0.3) is 0 Å². The number of nitrogens with zero attached hydrogens (tertiary/aromatic N) is 1. The first-order valence-electron chi connectivity index (χ1n) is 6.25. The van der Waals surface area contributed by atoms with Gasteiger partial charge in [0.1, 0.15) is 0 Å². The highest BCUT2D eigenvalue weighted by Crippen LogP contribution is 2.33. The maximum absolute atomic E-state index is 10.7. The summed E-state index contributed by atoms with van der Waals surface area (Å²) >= 11 is 0. The maximum Gasteiger partial charge on any atom is 0.325 e. The molecule has 0 bridgehead atoms. The molecule has 98 valence electrons. The molecule has 1 heterocycles. The van der Waals surface area contributed by atoms with Crippen LogP contribution in [0.4, 0.5) is 0 Å². The SMILES string of the molecule is CB(OC(C)(C)C(C)(C)C)c1cncc(C=O)c1. The highest BCUT2D eigenvalue weighted by Gasteiger charge is 2.36. The summed E-state index contributed by atoms with van der Waals surface area (Å²) in [5.41, 5.74) is 1.29. The summed E-state index contributed by atoms with van der Waals surface area (Å²) in [4.78, 5) is 14.8. The highest BCUT2D eigenvalue weighted by atomic mass is 16.5. The van der Waals surface area contributed by atoms with E-state index in [-0.39, 0.29) is 17.9 Å². The molecule has 1 aromatic heterocycles. The van der Waals surface area contributed by atoms with Crippen LogP contribution in [0.5, 0.6) is 0 Å². The van der Waals surface area contributed by atoms with Crippen LogP contribution in [0.1, 0.15) is 45.0 Å². The summed E-state index contributed by atoms with van der Waals surface area (Å²) < 4.78 is 6.13. The first kappa shape index (κ1) is 14.9. The molecule has 0 saturated carbocycles. The fraction of sp³-hybridized carbons (Fsp3) is 0.571.